The van der Waals surface area contributed by atoms with E-state index < -0.39 is 5.60 Å². The van der Waals surface area contributed by atoms with Gasteiger partial charge in [-0.1, -0.05) is 0 Å². The largest absolute Gasteiger partial charge is 0.444 e. The molecule has 3 saturated heterocycles. The van der Waals surface area contributed by atoms with Crippen LogP contribution in [0, 0.1) is 17.8 Å². The number of nitrogens with zero attached hydrogens (tertiary/aromatic N) is 3. The highest BCUT2D eigenvalue weighted by atomic mass is 16.6. The molecule has 40 heavy (non-hydrogen) atoms. The van der Waals surface area contributed by atoms with Crippen LogP contribution in [0.2, 0.25) is 0 Å². The number of carbonyl (C=O) groups is 2. The van der Waals surface area contributed by atoms with E-state index >= 15 is 0 Å². The summed E-state index contributed by atoms with van der Waals surface area (Å²) in [7, 11) is 0. The smallest absolute Gasteiger partial charge is 0.410 e. The van der Waals surface area contributed by atoms with Crippen molar-refractivity contribution in [3.63, 3.8) is 0 Å². The molecule has 1 aromatic rings. The van der Waals surface area contributed by atoms with Crippen molar-refractivity contribution >= 4 is 12.2 Å². The van der Waals surface area contributed by atoms with Gasteiger partial charge in [-0.15, -0.1) is 0 Å². The van der Waals surface area contributed by atoms with E-state index in [1.54, 1.807) is 0 Å². The van der Waals surface area contributed by atoms with Crippen LogP contribution in [0.25, 0.3) is 0 Å². The van der Waals surface area contributed by atoms with E-state index in [0.29, 0.717) is 5.92 Å². The van der Waals surface area contributed by atoms with Gasteiger partial charge >= 0.3 is 12.2 Å². The normalized spacial score (nSPS) is 19.9. The fourth-order valence-corrected chi connectivity index (χ4v) is 5.76. The van der Waals surface area contributed by atoms with Crippen molar-refractivity contribution in [3.8, 4) is 0 Å². The average molecular weight is 559 g/mol. The van der Waals surface area contributed by atoms with E-state index in [1.165, 1.54) is 37.9 Å². The quantitative estimate of drug-likeness (QED) is 0.467. The molecule has 226 valence electrons. The number of likely N-dealkylation sites (tertiary alicyclic amines) is 2. The summed E-state index contributed by atoms with van der Waals surface area (Å²) in [5.41, 5.74) is 0.532. The summed E-state index contributed by atoms with van der Waals surface area (Å²) < 4.78 is 10.9. The molecule has 3 aliphatic rings. The second-order valence-electron chi connectivity index (χ2n) is 13.8. The summed E-state index contributed by atoms with van der Waals surface area (Å²) in [6.45, 7) is 17.2. The second-order valence-corrected chi connectivity index (χ2v) is 13.8. The molecule has 4 heterocycles. The van der Waals surface area contributed by atoms with Gasteiger partial charge < -0.3 is 24.6 Å². The molecule has 0 saturated carbocycles. The van der Waals surface area contributed by atoms with Crippen LogP contribution in [0.1, 0.15) is 92.1 Å². The summed E-state index contributed by atoms with van der Waals surface area (Å²) in [5, 5.41) is 3.43. The van der Waals surface area contributed by atoms with E-state index in [4.69, 9.17) is 9.47 Å². The number of piperidine rings is 3. The molecule has 0 aromatic carbocycles. The first-order chi connectivity index (χ1) is 18.9. The maximum atomic E-state index is 12.0. The molecule has 0 atom stereocenters. The molecular weight excluding hydrogens is 504 g/mol. The number of aromatic nitrogens is 1. The first-order valence-electron chi connectivity index (χ1n) is 15.4. The van der Waals surface area contributed by atoms with E-state index in [0.717, 1.165) is 70.1 Å². The van der Waals surface area contributed by atoms with Crippen LogP contribution in [0.15, 0.2) is 24.5 Å². The number of pyridine rings is 1. The van der Waals surface area contributed by atoms with Gasteiger partial charge in [0.1, 0.15) is 11.2 Å². The highest BCUT2D eigenvalue weighted by Crippen LogP contribution is 2.29. The summed E-state index contributed by atoms with van der Waals surface area (Å²) in [6.07, 6.45) is 12.8. The van der Waals surface area contributed by atoms with Crippen molar-refractivity contribution in [2.75, 3.05) is 39.3 Å². The topological polar surface area (TPSA) is 84.0 Å². The monoisotopic (exact) mass is 558 g/mol. The van der Waals surface area contributed by atoms with Crippen molar-refractivity contribution in [2.45, 2.75) is 104 Å². The lowest BCUT2D eigenvalue weighted by Gasteiger charge is -2.35. The molecule has 0 bridgehead atoms. The molecule has 4 rings (SSSR count). The summed E-state index contributed by atoms with van der Waals surface area (Å²) in [6, 6.07) is 4.14. The van der Waals surface area contributed by atoms with Crippen LogP contribution in [-0.2, 0) is 15.9 Å². The minimum Gasteiger partial charge on any atom is -0.444 e. The zero-order valence-corrected chi connectivity index (χ0v) is 25.9. The molecule has 8 nitrogen and oxygen atoms in total. The maximum absolute atomic E-state index is 12.0. The molecule has 0 aliphatic carbocycles. The highest BCUT2D eigenvalue weighted by molar-refractivity contribution is 5.68. The Bertz CT molecular complexity index is 890. The molecule has 0 spiro atoms. The number of nitrogens with one attached hydrogen (secondary N) is 1. The standard InChI is InChI=1S/C16H30N2O2.C16H24N2O2/c2*1-16(2,3)20-15(19)18-10-6-14(7-11-18)12-13-4-8-17-9-5-13/h13-14,17H,4-12H2,1-3H3;4-5,8-9,14H,6-7,10-12H2,1-3H3. The average Bonchev–Trinajstić information content (AvgIpc) is 2.89. The molecule has 8 heteroatoms. The van der Waals surface area contributed by atoms with Crippen LogP contribution in [0.4, 0.5) is 9.59 Å². The van der Waals surface area contributed by atoms with Gasteiger partial charge in [0, 0.05) is 38.6 Å². The van der Waals surface area contributed by atoms with E-state index in [9.17, 15) is 9.59 Å². The van der Waals surface area contributed by atoms with Crippen LogP contribution < -0.4 is 5.32 Å². The van der Waals surface area contributed by atoms with Gasteiger partial charge in [-0.25, -0.2) is 9.59 Å². The number of ether oxygens (including phenoxy) is 2. The SMILES string of the molecule is CC(C)(C)OC(=O)N1CCC(CC2CCNCC2)CC1.CC(C)(C)OC(=O)N1CCC(Cc2ccncc2)CC1. The van der Waals surface area contributed by atoms with Crippen molar-refractivity contribution in [2.24, 2.45) is 17.8 Å². The van der Waals surface area contributed by atoms with Gasteiger partial charge in [0.2, 0.25) is 0 Å². The lowest BCUT2D eigenvalue weighted by Crippen LogP contribution is -2.42. The Morgan fingerprint density at radius 2 is 1.18 bits per heavy atom. The lowest BCUT2D eigenvalue weighted by atomic mass is 9.83. The summed E-state index contributed by atoms with van der Waals surface area (Å²) >= 11 is 0. The highest BCUT2D eigenvalue weighted by Gasteiger charge is 2.29. The number of hydrogen-bond donors (Lipinski definition) is 1. The molecule has 1 N–H and O–H groups in total. The van der Waals surface area contributed by atoms with Gasteiger partial charge in [0.05, 0.1) is 0 Å². The van der Waals surface area contributed by atoms with Crippen molar-refractivity contribution in [3.05, 3.63) is 30.1 Å². The van der Waals surface area contributed by atoms with E-state index in [1.807, 2.05) is 63.7 Å². The second kappa shape index (κ2) is 15.0. The predicted octanol–water partition coefficient (Wildman–Crippen LogP) is 6.29. The number of hydrogen-bond acceptors (Lipinski definition) is 6. The van der Waals surface area contributed by atoms with Gasteiger partial charge in [-0.2, -0.15) is 0 Å². The Morgan fingerprint density at radius 3 is 1.62 bits per heavy atom. The van der Waals surface area contributed by atoms with Crippen molar-refractivity contribution < 1.29 is 19.1 Å². The van der Waals surface area contributed by atoms with E-state index in [-0.39, 0.29) is 17.8 Å². The van der Waals surface area contributed by atoms with Crippen LogP contribution in [0.5, 0.6) is 0 Å². The van der Waals surface area contributed by atoms with Gasteiger partial charge in [0.25, 0.3) is 0 Å². The predicted molar refractivity (Wildman–Crippen MR) is 159 cm³/mol. The molecule has 3 fully saturated rings. The first-order valence-corrected chi connectivity index (χ1v) is 15.4. The maximum Gasteiger partial charge on any atom is 0.410 e. The molecule has 0 radical (unpaired) electrons. The zero-order valence-electron chi connectivity index (χ0n) is 25.9. The Labute approximate surface area is 242 Å². The summed E-state index contributed by atoms with van der Waals surface area (Å²) in [4.78, 5) is 31.7. The Balaban J connectivity index is 0.000000220. The Kier molecular flexibility index (Phi) is 12.1. The minimum absolute atomic E-state index is 0.141. The van der Waals surface area contributed by atoms with Crippen molar-refractivity contribution in [1.82, 2.24) is 20.1 Å². The first kappa shape index (κ1) is 32.2. The third-order valence-corrected chi connectivity index (χ3v) is 7.93. The third kappa shape index (κ3) is 12.0. The van der Waals surface area contributed by atoms with E-state index in [2.05, 4.69) is 22.4 Å². The lowest BCUT2D eigenvalue weighted by molar-refractivity contribution is 0.0167. The van der Waals surface area contributed by atoms with Crippen molar-refractivity contribution in [1.29, 1.82) is 0 Å². The fourth-order valence-electron chi connectivity index (χ4n) is 5.76. The Hall–Kier alpha value is -2.35. The molecule has 1 aromatic heterocycles. The van der Waals surface area contributed by atoms with Crippen LogP contribution in [0.3, 0.4) is 0 Å². The summed E-state index contributed by atoms with van der Waals surface area (Å²) in [5.74, 6) is 2.35. The van der Waals surface area contributed by atoms with Crippen LogP contribution >= 0.6 is 0 Å². The fraction of sp³-hybridized carbons (Fsp3) is 0.781. The molecule has 0 unspecified atom stereocenters. The van der Waals surface area contributed by atoms with Gasteiger partial charge in [-0.05, 0) is 141 Å². The molecular formula is C32H54N4O4. The van der Waals surface area contributed by atoms with Crippen LogP contribution in [-0.4, -0.2) is 77.4 Å². The third-order valence-electron chi connectivity index (χ3n) is 7.93. The zero-order chi connectivity index (χ0) is 29.2. The molecule has 3 aliphatic heterocycles. The molecule has 2 amide bonds. The van der Waals surface area contributed by atoms with Gasteiger partial charge in [0.15, 0.2) is 0 Å². The number of carbonyl (C=O) groups excluding carboxylic acids is 2. The number of amides is 2. The van der Waals surface area contributed by atoms with Gasteiger partial charge in [-0.3, -0.25) is 4.98 Å². The minimum atomic E-state index is -0.412. The Morgan fingerprint density at radius 1 is 0.750 bits per heavy atom. The number of rotatable bonds is 4.